The van der Waals surface area contributed by atoms with Crippen molar-refractivity contribution in [2.75, 3.05) is 32.9 Å². The second-order valence-electron chi connectivity index (χ2n) is 8.33. The van der Waals surface area contributed by atoms with Crippen LogP contribution in [0.2, 0.25) is 10.0 Å². The molecule has 2 aliphatic heterocycles. The number of hydrogen-bond donors (Lipinski definition) is 0. The maximum atomic E-state index is 13.2. The number of carbonyl (C=O) groups is 1. The van der Waals surface area contributed by atoms with Gasteiger partial charge in [0.1, 0.15) is 5.60 Å². The van der Waals surface area contributed by atoms with E-state index in [1.165, 1.54) is 0 Å². The summed E-state index contributed by atoms with van der Waals surface area (Å²) in [6, 6.07) is 14.9. The lowest BCUT2D eigenvalue weighted by Crippen LogP contribution is -2.50. The molecule has 5 nitrogen and oxygen atoms in total. The molecule has 2 aliphatic rings. The highest BCUT2D eigenvalue weighted by atomic mass is 35.5. The number of hydrogen-bond acceptors (Lipinski definition) is 4. The lowest BCUT2D eigenvalue weighted by molar-refractivity contribution is -0.181. The first-order valence-electron chi connectivity index (χ1n) is 11.2. The van der Waals surface area contributed by atoms with E-state index < -0.39 is 5.60 Å². The van der Waals surface area contributed by atoms with Crippen molar-refractivity contribution in [2.24, 2.45) is 0 Å². The molecule has 1 amide bonds. The van der Waals surface area contributed by atoms with Gasteiger partial charge in [0.2, 0.25) is 0 Å². The molecule has 0 N–H and O–H groups in total. The molecule has 0 radical (unpaired) electrons. The van der Waals surface area contributed by atoms with Gasteiger partial charge in [0.25, 0.3) is 5.91 Å². The van der Waals surface area contributed by atoms with Crippen molar-refractivity contribution in [3.05, 3.63) is 69.7 Å². The Morgan fingerprint density at radius 3 is 2.66 bits per heavy atom. The molecule has 2 heterocycles. The summed E-state index contributed by atoms with van der Waals surface area (Å²) in [5, 5.41) is 0.974. The van der Waals surface area contributed by atoms with E-state index >= 15 is 0 Å². The molecule has 4 rings (SSSR count). The Labute approximate surface area is 199 Å². The van der Waals surface area contributed by atoms with Gasteiger partial charge in [0.15, 0.2) is 6.29 Å². The maximum absolute atomic E-state index is 13.2. The van der Waals surface area contributed by atoms with Crippen LogP contribution >= 0.6 is 23.2 Å². The van der Waals surface area contributed by atoms with Crippen molar-refractivity contribution in [3.8, 4) is 0 Å². The first-order valence-corrected chi connectivity index (χ1v) is 12.0. The van der Waals surface area contributed by atoms with Gasteiger partial charge < -0.3 is 19.1 Å². The van der Waals surface area contributed by atoms with Crippen LogP contribution in [0, 0.1) is 0 Å². The molecule has 2 aromatic rings. The fraction of sp³-hybridized carbons (Fsp3) is 0.480. The molecule has 0 spiro atoms. The predicted octanol–water partition coefficient (Wildman–Crippen LogP) is 5.68. The molecule has 0 aromatic heterocycles. The van der Waals surface area contributed by atoms with E-state index in [-0.39, 0.29) is 12.2 Å². The zero-order chi connectivity index (χ0) is 22.4. The number of nitrogens with zero attached hydrogens (tertiary/aromatic N) is 1. The summed E-state index contributed by atoms with van der Waals surface area (Å²) in [4.78, 5) is 15.0. The normalized spacial score (nSPS) is 23.8. The summed E-state index contributed by atoms with van der Waals surface area (Å²) < 4.78 is 18.0. The third-order valence-corrected chi connectivity index (χ3v) is 6.85. The van der Waals surface area contributed by atoms with Crippen molar-refractivity contribution in [3.63, 3.8) is 0 Å². The van der Waals surface area contributed by atoms with Crippen LogP contribution in [-0.2, 0) is 19.8 Å². The van der Waals surface area contributed by atoms with E-state index in [9.17, 15) is 4.79 Å². The predicted molar refractivity (Wildman–Crippen MR) is 125 cm³/mol. The topological polar surface area (TPSA) is 48.0 Å². The van der Waals surface area contributed by atoms with E-state index in [1.54, 1.807) is 6.07 Å². The minimum absolute atomic E-state index is 0.00481. The van der Waals surface area contributed by atoms with Crippen LogP contribution in [0.1, 0.15) is 48.0 Å². The van der Waals surface area contributed by atoms with Gasteiger partial charge in [-0.3, -0.25) is 4.79 Å². The number of benzene rings is 2. The van der Waals surface area contributed by atoms with Crippen LogP contribution in [0.3, 0.4) is 0 Å². The molecule has 0 bridgehead atoms. The van der Waals surface area contributed by atoms with Crippen molar-refractivity contribution < 1.29 is 19.0 Å². The van der Waals surface area contributed by atoms with Gasteiger partial charge in [-0.15, -0.1) is 0 Å². The Balaban J connectivity index is 1.50. The molecule has 7 heteroatoms. The zero-order valence-corrected chi connectivity index (χ0v) is 19.6. The molecule has 2 unspecified atom stereocenters. The van der Waals surface area contributed by atoms with Crippen LogP contribution in [0.5, 0.6) is 0 Å². The summed E-state index contributed by atoms with van der Waals surface area (Å²) >= 11 is 12.5. The van der Waals surface area contributed by atoms with E-state index in [4.69, 9.17) is 37.4 Å². The van der Waals surface area contributed by atoms with Gasteiger partial charge in [-0.05, 0) is 61.9 Å². The average Bonchev–Trinajstić information content (AvgIpc) is 2.84. The van der Waals surface area contributed by atoms with E-state index in [0.717, 1.165) is 44.3 Å². The number of halogens is 2. The summed E-state index contributed by atoms with van der Waals surface area (Å²) in [6.45, 7) is 2.70. The summed E-state index contributed by atoms with van der Waals surface area (Å²) in [5.74, 6) is 0.00481. The Bertz CT molecular complexity index is 904. The van der Waals surface area contributed by atoms with E-state index in [1.807, 2.05) is 47.4 Å². The van der Waals surface area contributed by atoms with Crippen molar-refractivity contribution >= 4 is 29.1 Å². The highest BCUT2D eigenvalue weighted by Gasteiger charge is 2.40. The second-order valence-corrected chi connectivity index (χ2v) is 9.15. The monoisotopic (exact) mass is 477 g/mol. The molecule has 0 saturated carbocycles. The molecule has 2 fully saturated rings. The number of ether oxygens (including phenoxy) is 3. The third-order valence-electron chi connectivity index (χ3n) is 6.11. The minimum Gasteiger partial charge on any atom is -0.366 e. The minimum atomic E-state index is -0.673. The first kappa shape index (κ1) is 23.5. The average molecular weight is 478 g/mol. The van der Waals surface area contributed by atoms with Gasteiger partial charge >= 0.3 is 0 Å². The van der Waals surface area contributed by atoms with Gasteiger partial charge in [0, 0.05) is 18.7 Å². The Hall–Kier alpha value is -1.63. The number of carbonyl (C=O) groups excluding carboxylic acids is 1. The molecule has 2 atom stereocenters. The fourth-order valence-electron chi connectivity index (χ4n) is 4.43. The maximum Gasteiger partial charge on any atom is 0.253 e. The second kappa shape index (κ2) is 11.0. The molecule has 172 valence electrons. The fourth-order valence-corrected chi connectivity index (χ4v) is 4.73. The highest BCUT2D eigenvalue weighted by Crippen LogP contribution is 2.38. The van der Waals surface area contributed by atoms with E-state index in [0.29, 0.717) is 41.9 Å². The molecule has 2 saturated heterocycles. The molecular weight excluding hydrogens is 449 g/mol. The van der Waals surface area contributed by atoms with Crippen LogP contribution in [0.15, 0.2) is 48.5 Å². The first-order chi connectivity index (χ1) is 15.6. The standard InChI is InChI=1S/C25H29Cl2NO4/c26-21-11-10-20(17-22(21)27)25(32-16-15-31-23-9-4-5-14-30-23)12-6-13-28(18-25)24(29)19-7-2-1-3-8-19/h1-3,7-8,10-11,17,23H,4-6,9,12-16,18H2. The Morgan fingerprint density at radius 1 is 1.06 bits per heavy atom. The van der Waals surface area contributed by atoms with Crippen LogP contribution in [0.25, 0.3) is 0 Å². The van der Waals surface area contributed by atoms with Gasteiger partial charge in [0.05, 0.1) is 29.8 Å². The summed E-state index contributed by atoms with van der Waals surface area (Å²) in [6.07, 6.45) is 4.57. The van der Waals surface area contributed by atoms with Crippen molar-refractivity contribution in [2.45, 2.75) is 44.0 Å². The number of rotatable bonds is 7. The summed E-state index contributed by atoms with van der Waals surface area (Å²) in [7, 11) is 0. The Kier molecular flexibility index (Phi) is 8.08. The molecule has 2 aromatic carbocycles. The van der Waals surface area contributed by atoms with Gasteiger partial charge in [-0.2, -0.15) is 0 Å². The quantitative estimate of drug-likeness (QED) is 0.480. The van der Waals surface area contributed by atoms with Crippen LogP contribution in [-0.4, -0.2) is 50.0 Å². The lowest BCUT2D eigenvalue weighted by atomic mass is 9.85. The largest absolute Gasteiger partial charge is 0.366 e. The smallest absolute Gasteiger partial charge is 0.253 e. The lowest BCUT2D eigenvalue weighted by Gasteiger charge is -2.43. The van der Waals surface area contributed by atoms with E-state index in [2.05, 4.69) is 0 Å². The Morgan fingerprint density at radius 2 is 1.91 bits per heavy atom. The van der Waals surface area contributed by atoms with Gasteiger partial charge in [-0.25, -0.2) is 0 Å². The van der Waals surface area contributed by atoms with Crippen molar-refractivity contribution in [1.82, 2.24) is 4.90 Å². The van der Waals surface area contributed by atoms with Crippen LogP contribution in [0.4, 0.5) is 0 Å². The molecule has 32 heavy (non-hydrogen) atoms. The molecular formula is C25H29Cl2NO4. The van der Waals surface area contributed by atoms with Crippen LogP contribution < -0.4 is 0 Å². The highest BCUT2D eigenvalue weighted by molar-refractivity contribution is 6.42. The summed E-state index contributed by atoms with van der Waals surface area (Å²) in [5.41, 5.74) is 0.926. The number of likely N-dealkylation sites (tertiary alicyclic amines) is 1. The SMILES string of the molecule is O=C(c1ccccc1)N1CCCC(OCCOC2CCCCO2)(c2ccc(Cl)c(Cl)c2)C1. The zero-order valence-electron chi connectivity index (χ0n) is 18.1. The van der Waals surface area contributed by atoms with Gasteiger partial charge in [-0.1, -0.05) is 47.5 Å². The number of piperidine rings is 1. The van der Waals surface area contributed by atoms with Crippen molar-refractivity contribution in [1.29, 1.82) is 0 Å². The molecule has 0 aliphatic carbocycles. The third kappa shape index (κ3) is 5.64. The number of amides is 1.